The zero-order valence-corrected chi connectivity index (χ0v) is 12.0. The van der Waals surface area contributed by atoms with Crippen LogP contribution in [0.3, 0.4) is 0 Å². The van der Waals surface area contributed by atoms with Gasteiger partial charge < -0.3 is 4.74 Å². The molecule has 1 heterocycles. The molecule has 1 saturated heterocycles. The molecule has 0 spiro atoms. The van der Waals surface area contributed by atoms with Crippen LogP contribution in [0, 0.1) is 5.41 Å². The SMILES string of the molecule is CCCN(CC1(CBr)CCOCC1)C1CC1. The third-order valence-electron chi connectivity index (χ3n) is 3.95. The molecule has 2 rings (SSSR count). The molecule has 0 amide bonds. The first-order valence-corrected chi connectivity index (χ1v) is 7.79. The minimum absolute atomic E-state index is 0.482. The van der Waals surface area contributed by atoms with E-state index in [4.69, 9.17) is 4.74 Å². The fourth-order valence-corrected chi connectivity index (χ4v) is 3.42. The van der Waals surface area contributed by atoms with Gasteiger partial charge in [0.15, 0.2) is 0 Å². The molecule has 0 bridgehead atoms. The van der Waals surface area contributed by atoms with Crippen molar-refractivity contribution in [1.82, 2.24) is 4.90 Å². The molecule has 3 heteroatoms. The van der Waals surface area contributed by atoms with Gasteiger partial charge in [-0.1, -0.05) is 22.9 Å². The Morgan fingerprint density at radius 1 is 1.31 bits per heavy atom. The predicted octanol–water partition coefficient (Wildman–Crippen LogP) is 3.05. The Balaban J connectivity index is 1.91. The molecule has 0 aromatic heterocycles. The molecule has 0 radical (unpaired) electrons. The highest BCUT2D eigenvalue weighted by atomic mass is 79.9. The van der Waals surface area contributed by atoms with Crippen molar-refractivity contribution in [2.45, 2.75) is 45.1 Å². The van der Waals surface area contributed by atoms with Crippen LogP contribution >= 0.6 is 15.9 Å². The quantitative estimate of drug-likeness (QED) is 0.697. The van der Waals surface area contributed by atoms with E-state index in [1.54, 1.807) is 0 Å². The van der Waals surface area contributed by atoms with Crippen LogP contribution in [-0.4, -0.2) is 42.6 Å². The number of halogens is 1. The number of rotatable bonds is 6. The maximum Gasteiger partial charge on any atom is 0.0472 e. The molecule has 2 nitrogen and oxygen atoms in total. The third-order valence-corrected chi connectivity index (χ3v) is 5.14. The van der Waals surface area contributed by atoms with Crippen molar-refractivity contribution < 1.29 is 4.74 Å². The molecule has 2 fully saturated rings. The number of hydrogen-bond donors (Lipinski definition) is 0. The van der Waals surface area contributed by atoms with Crippen LogP contribution in [0.15, 0.2) is 0 Å². The Labute approximate surface area is 108 Å². The molecular weight excluding hydrogens is 266 g/mol. The Hall–Kier alpha value is 0.400. The summed E-state index contributed by atoms with van der Waals surface area (Å²) in [6.45, 7) is 6.76. The average molecular weight is 290 g/mol. The number of hydrogen-bond acceptors (Lipinski definition) is 2. The van der Waals surface area contributed by atoms with Gasteiger partial charge in [0.05, 0.1) is 0 Å². The van der Waals surface area contributed by atoms with Crippen LogP contribution in [0.1, 0.15) is 39.0 Å². The molecule has 1 aliphatic heterocycles. The van der Waals surface area contributed by atoms with E-state index < -0.39 is 0 Å². The fraction of sp³-hybridized carbons (Fsp3) is 1.00. The average Bonchev–Trinajstić information content (AvgIpc) is 3.14. The third kappa shape index (κ3) is 3.21. The van der Waals surface area contributed by atoms with E-state index in [9.17, 15) is 0 Å². The van der Waals surface area contributed by atoms with Gasteiger partial charge in [0.2, 0.25) is 0 Å². The van der Waals surface area contributed by atoms with E-state index in [1.165, 1.54) is 45.2 Å². The molecule has 0 N–H and O–H groups in total. The molecule has 0 aromatic carbocycles. The van der Waals surface area contributed by atoms with Gasteiger partial charge in [-0.15, -0.1) is 0 Å². The Kier molecular flexibility index (Phi) is 4.68. The van der Waals surface area contributed by atoms with Gasteiger partial charge in [-0.3, -0.25) is 4.90 Å². The van der Waals surface area contributed by atoms with Crippen LogP contribution in [0.4, 0.5) is 0 Å². The van der Waals surface area contributed by atoms with Crippen molar-refractivity contribution in [3.63, 3.8) is 0 Å². The summed E-state index contributed by atoms with van der Waals surface area (Å²) in [4.78, 5) is 2.73. The standard InChI is InChI=1S/C13H24BrNO/c1-2-7-15(12-3-4-12)11-13(10-14)5-8-16-9-6-13/h12H,2-11H2,1H3. The second kappa shape index (κ2) is 5.83. The zero-order valence-electron chi connectivity index (χ0n) is 10.4. The molecule has 0 atom stereocenters. The molecular formula is C13H24BrNO. The summed E-state index contributed by atoms with van der Waals surface area (Å²) in [6.07, 6.45) is 6.59. The molecule has 94 valence electrons. The maximum atomic E-state index is 5.50. The van der Waals surface area contributed by atoms with E-state index in [2.05, 4.69) is 27.8 Å². The molecule has 0 unspecified atom stereocenters. The lowest BCUT2D eigenvalue weighted by atomic mass is 9.81. The van der Waals surface area contributed by atoms with E-state index >= 15 is 0 Å². The first kappa shape index (κ1) is 12.8. The molecule has 1 aliphatic carbocycles. The van der Waals surface area contributed by atoms with E-state index in [0.29, 0.717) is 5.41 Å². The van der Waals surface area contributed by atoms with Gasteiger partial charge in [0.25, 0.3) is 0 Å². The topological polar surface area (TPSA) is 12.5 Å². The van der Waals surface area contributed by atoms with E-state index in [1.807, 2.05) is 0 Å². The van der Waals surface area contributed by atoms with Gasteiger partial charge in [-0.2, -0.15) is 0 Å². The molecule has 16 heavy (non-hydrogen) atoms. The first-order chi connectivity index (χ1) is 7.79. The van der Waals surface area contributed by atoms with E-state index in [0.717, 1.165) is 24.6 Å². The summed E-state index contributed by atoms with van der Waals surface area (Å²) in [5, 5.41) is 1.14. The maximum absolute atomic E-state index is 5.50. The van der Waals surface area contributed by atoms with Crippen LogP contribution < -0.4 is 0 Å². The van der Waals surface area contributed by atoms with Crippen molar-refractivity contribution >= 4 is 15.9 Å². The lowest BCUT2D eigenvalue weighted by Crippen LogP contribution is -2.43. The number of nitrogens with zero attached hydrogens (tertiary/aromatic N) is 1. The summed E-state index contributed by atoms with van der Waals surface area (Å²) < 4.78 is 5.50. The van der Waals surface area contributed by atoms with Gasteiger partial charge >= 0.3 is 0 Å². The summed E-state index contributed by atoms with van der Waals surface area (Å²) >= 11 is 3.74. The Bertz CT molecular complexity index is 212. The van der Waals surface area contributed by atoms with Crippen molar-refractivity contribution in [3.05, 3.63) is 0 Å². The normalized spacial score (nSPS) is 24.9. The van der Waals surface area contributed by atoms with Crippen LogP contribution in [0.5, 0.6) is 0 Å². The fourth-order valence-electron chi connectivity index (χ4n) is 2.69. The molecule has 2 aliphatic rings. The lowest BCUT2D eigenvalue weighted by Gasteiger charge is -2.40. The highest BCUT2D eigenvalue weighted by Crippen LogP contribution is 2.37. The highest BCUT2D eigenvalue weighted by molar-refractivity contribution is 9.09. The minimum Gasteiger partial charge on any atom is -0.381 e. The summed E-state index contributed by atoms with van der Waals surface area (Å²) in [5.74, 6) is 0. The van der Waals surface area contributed by atoms with Crippen LogP contribution in [0.25, 0.3) is 0 Å². The zero-order chi connectivity index (χ0) is 11.4. The van der Waals surface area contributed by atoms with Gasteiger partial charge in [0, 0.05) is 31.1 Å². The molecule has 1 saturated carbocycles. The van der Waals surface area contributed by atoms with Crippen LogP contribution in [0.2, 0.25) is 0 Å². The van der Waals surface area contributed by atoms with Crippen molar-refractivity contribution in [2.75, 3.05) is 31.6 Å². The minimum atomic E-state index is 0.482. The largest absolute Gasteiger partial charge is 0.381 e. The van der Waals surface area contributed by atoms with Gasteiger partial charge in [-0.25, -0.2) is 0 Å². The number of alkyl halides is 1. The van der Waals surface area contributed by atoms with Crippen molar-refractivity contribution in [1.29, 1.82) is 0 Å². The van der Waals surface area contributed by atoms with Gasteiger partial charge in [-0.05, 0) is 44.1 Å². The second-order valence-corrected chi connectivity index (χ2v) is 6.01. The smallest absolute Gasteiger partial charge is 0.0472 e. The highest BCUT2D eigenvalue weighted by Gasteiger charge is 2.37. The van der Waals surface area contributed by atoms with Gasteiger partial charge in [0.1, 0.15) is 0 Å². The second-order valence-electron chi connectivity index (χ2n) is 5.45. The van der Waals surface area contributed by atoms with E-state index in [-0.39, 0.29) is 0 Å². The van der Waals surface area contributed by atoms with Crippen molar-refractivity contribution in [3.8, 4) is 0 Å². The number of ether oxygens (including phenoxy) is 1. The lowest BCUT2D eigenvalue weighted by molar-refractivity contribution is 0.00671. The summed E-state index contributed by atoms with van der Waals surface area (Å²) in [6, 6.07) is 0.902. The Morgan fingerprint density at radius 2 is 2.00 bits per heavy atom. The monoisotopic (exact) mass is 289 g/mol. The first-order valence-electron chi connectivity index (χ1n) is 6.67. The Morgan fingerprint density at radius 3 is 2.50 bits per heavy atom. The summed E-state index contributed by atoms with van der Waals surface area (Å²) in [7, 11) is 0. The molecule has 0 aromatic rings. The predicted molar refractivity (Wildman–Crippen MR) is 71.2 cm³/mol. The van der Waals surface area contributed by atoms with Crippen molar-refractivity contribution in [2.24, 2.45) is 5.41 Å². The van der Waals surface area contributed by atoms with Crippen LogP contribution in [-0.2, 0) is 4.74 Å². The summed E-state index contributed by atoms with van der Waals surface area (Å²) in [5.41, 5.74) is 0.482.